The summed E-state index contributed by atoms with van der Waals surface area (Å²) in [5.41, 5.74) is 1.24. The van der Waals surface area contributed by atoms with Crippen LogP contribution in [0.2, 0.25) is 0 Å². The van der Waals surface area contributed by atoms with Crippen molar-refractivity contribution in [2.24, 2.45) is 0 Å². The SMILES string of the molecule is CC(C)=CCNC(=O)CCCCBr. The highest BCUT2D eigenvalue weighted by molar-refractivity contribution is 9.09. The molecule has 0 rings (SSSR count). The van der Waals surface area contributed by atoms with E-state index in [2.05, 4.69) is 21.2 Å². The number of amides is 1. The van der Waals surface area contributed by atoms with Gasteiger partial charge in [0.2, 0.25) is 5.91 Å². The average molecular weight is 248 g/mol. The summed E-state index contributed by atoms with van der Waals surface area (Å²) < 4.78 is 0. The molecule has 0 saturated heterocycles. The molecule has 1 amide bonds. The van der Waals surface area contributed by atoms with E-state index in [0.717, 1.165) is 18.2 Å². The van der Waals surface area contributed by atoms with Crippen molar-refractivity contribution in [3.63, 3.8) is 0 Å². The number of hydrogen-bond donors (Lipinski definition) is 1. The fraction of sp³-hybridized carbons (Fsp3) is 0.700. The zero-order valence-electron chi connectivity index (χ0n) is 8.40. The highest BCUT2D eigenvalue weighted by Gasteiger charge is 1.97. The van der Waals surface area contributed by atoms with Crippen molar-refractivity contribution in [3.05, 3.63) is 11.6 Å². The molecule has 0 radical (unpaired) electrons. The van der Waals surface area contributed by atoms with Gasteiger partial charge in [-0.2, -0.15) is 0 Å². The Morgan fingerprint density at radius 2 is 2.08 bits per heavy atom. The van der Waals surface area contributed by atoms with Gasteiger partial charge < -0.3 is 5.32 Å². The van der Waals surface area contributed by atoms with Gasteiger partial charge in [0.15, 0.2) is 0 Å². The molecule has 2 nitrogen and oxygen atoms in total. The molecule has 0 unspecified atom stereocenters. The zero-order valence-corrected chi connectivity index (χ0v) is 9.99. The standard InChI is InChI=1S/C10H18BrNO/c1-9(2)6-8-12-10(13)5-3-4-7-11/h6H,3-5,7-8H2,1-2H3,(H,12,13). The van der Waals surface area contributed by atoms with Gasteiger partial charge in [-0.05, 0) is 26.7 Å². The van der Waals surface area contributed by atoms with E-state index in [1.165, 1.54) is 5.57 Å². The molecule has 0 spiro atoms. The number of unbranched alkanes of at least 4 members (excludes halogenated alkanes) is 1. The zero-order chi connectivity index (χ0) is 10.1. The molecular formula is C10H18BrNO. The van der Waals surface area contributed by atoms with Crippen LogP contribution in [0.5, 0.6) is 0 Å². The van der Waals surface area contributed by atoms with E-state index in [1.807, 2.05) is 19.9 Å². The van der Waals surface area contributed by atoms with E-state index in [4.69, 9.17) is 0 Å². The lowest BCUT2D eigenvalue weighted by molar-refractivity contribution is -0.120. The molecule has 13 heavy (non-hydrogen) atoms. The van der Waals surface area contributed by atoms with E-state index in [0.29, 0.717) is 13.0 Å². The molecule has 0 aliphatic heterocycles. The number of carbonyl (C=O) groups is 1. The first-order chi connectivity index (χ1) is 6.16. The number of allylic oxidation sites excluding steroid dienone is 1. The minimum absolute atomic E-state index is 0.151. The molecule has 0 saturated carbocycles. The van der Waals surface area contributed by atoms with Crippen molar-refractivity contribution < 1.29 is 4.79 Å². The van der Waals surface area contributed by atoms with Crippen molar-refractivity contribution in [1.82, 2.24) is 5.32 Å². The molecule has 76 valence electrons. The molecule has 0 aliphatic rings. The average Bonchev–Trinajstić information content (AvgIpc) is 2.04. The lowest BCUT2D eigenvalue weighted by atomic mass is 10.2. The summed E-state index contributed by atoms with van der Waals surface area (Å²) in [5, 5.41) is 3.82. The van der Waals surface area contributed by atoms with Gasteiger partial charge in [0, 0.05) is 18.3 Å². The Kier molecular flexibility index (Phi) is 8.10. The van der Waals surface area contributed by atoms with E-state index in [9.17, 15) is 4.79 Å². The van der Waals surface area contributed by atoms with Gasteiger partial charge in [-0.1, -0.05) is 27.6 Å². The van der Waals surface area contributed by atoms with Gasteiger partial charge in [0.05, 0.1) is 0 Å². The van der Waals surface area contributed by atoms with Crippen LogP contribution in [-0.2, 0) is 4.79 Å². The maximum absolute atomic E-state index is 11.1. The van der Waals surface area contributed by atoms with Crippen molar-refractivity contribution in [2.45, 2.75) is 33.1 Å². The smallest absolute Gasteiger partial charge is 0.220 e. The second-order valence-corrected chi connectivity index (χ2v) is 4.02. The fourth-order valence-corrected chi connectivity index (χ4v) is 1.23. The molecule has 0 aromatic carbocycles. The van der Waals surface area contributed by atoms with E-state index in [-0.39, 0.29) is 5.91 Å². The highest BCUT2D eigenvalue weighted by Crippen LogP contribution is 1.98. The van der Waals surface area contributed by atoms with Crippen LogP contribution in [0.1, 0.15) is 33.1 Å². The van der Waals surface area contributed by atoms with Gasteiger partial charge in [-0.25, -0.2) is 0 Å². The third kappa shape index (κ3) is 9.61. The van der Waals surface area contributed by atoms with E-state index >= 15 is 0 Å². The molecule has 3 heteroatoms. The second kappa shape index (κ2) is 8.30. The van der Waals surface area contributed by atoms with Crippen LogP contribution in [0, 0.1) is 0 Å². The predicted octanol–water partition coefficient (Wildman–Crippen LogP) is 2.63. The Bertz CT molecular complexity index is 174. The molecular weight excluding hydrogens is 230 g/mol. The normalized spacial score (nSPS) is 9.46. The first kappa shape index (κ1) is 12.7. The van der Waals surface area contributed by atoms with Crippen molar-refractivity contribution in [3.8, 4) is 0 Å². The Balaban J connectivity index is 3.36. The van der Waals surface area contributed by atoms with Gasteiger partial charge in [-0.3, -0.25) is 4.79 Å². The van der Waals surface area contributed by atoms with E-state index in [1.54, 1.807) is 0 Å². The first-order valence-electron chi connectivity index (χ1n) is 4.63. The third-order valence-corrected chi connectivity index (χ3v) is 2.16. The van der Waals surface area contributed by atoms with Gasteiger partial charge >= 0.3 is 0 Å². The third-order valence-electron chi connectivity index (χ3n) is 1.60. The molecule has 0 aliphatic carbocycles. The Morgan fingerprint density at radius 1 is 1.38 bits per heavy atom. The van der Waals surface area contributed by atoms with E-state index < -0.39 is 0 Å². The summed E-state index contributed by atoms with van der Waals surface area (Å²) in [7, 11) is 0. The minimum atomic E-state index is 0.151. The minimum Gasteiger partial charge on any atom is -0.353 e. The maximum Gasteiger partial charge on any atom is 0.220 e. The summed E-state index contributed by atoms with van der Waals surface area (Å²) in [4.78, 5) is 11.1. The van der Waals surface area contributed by atoms with Crippen molar-refractivity contribution in [2.75, 3.05) is 11.9 Å². The Morgan fingerprint density at radius 3 is 2.62 bits per heavy atom. The molecule has 0 fully saturated rings. The molecule has 0 bridgehead atoms. The van der Waals surface area contributed by atoms with Crippen LogP contribution in [0.4, 0.5) is 0 Å². The summed E-state index contributed by atoms with van der Waals surface area (Å²) in [6, 6.07) is 0. The maximum atomic E-state index is 11.1. The summed E-state index contributed by atoms with van der Waals surface area (Å²) in [6.45, 7) is 4.71. The summed E-state index contributed by atoms with van der Waals surface area (Å²) in [5.74, 6) is 0.151. The topological polar surface area (TPSA) is 29.1 Å². The van der Waals surface area contributed by atoms with Crippen molar-refractivity contribution in [1.29, 1.82) is 0 Å². The van der Waals surface area contributed by atoms with Gasteiger partial charge in [-0.15, -0.1) is 0 Å². The van der Waals surface area contributed by atoms with Crippen LogP contribution >= 0.6 is 15.9 Å². The largest absolute Gasteiger partial charge is 0.353 e. The number of nitrogens with one attached hydrogen (secondary N) is 1. The summed E-state index contributed by atoms with van der Waals surface area (Å²) in [6.07, 6.45) is 4.69. The molecule has 0 atom stereocenters. The lowest BCUT2D eigenvalue weighted by Crippen LogP contribution is -2.22. The van der Waals surface area contributed by atoms with Crippen LogP contribution in [0.3, 0.4) is 0 Å². The number of halogens is 1. The number of rotatable bonds is 6. The second-order valence-electron chi connectivity index (χ2n) is 3.23. The molecule has 1 N–H and O–H groups in total. The Hall–Kier alpha value is -0.310. The quantitative estimate of drug-likeness (QED) is 0.437. The van der Waals surface area contributed by atoms with Crippen molar-refractivity contribution >= 4 is 21.8 Å². The predicted molar refractivity (Wildman–Crippen MR) is 60.1 cm³/mol. The number of carbonyl (C=O) groups excluding carboxylic acids is 1. The monoisotopic (exact) mass is 247 g/mol. The van der Waals surface area contributed by atoms with Gasteiger partial charge in [0.25, 0.3) is 0 Å². The Labute approximate surface area is 88.9 Å². The van der Waals surface area contributed by atoms with Crippen LogP contribution in [0.15, 0.2) is 11.6 Å². The van der Waals surface area contributed by atoms with Crippen LogP contribution in [0.25, 0.3) is 0 Å². The summed E-state index contributed by atoms with van der Waals surface area (Å²) >= 11 is 3.33. The lowest BCUT2D eigenvalue weighted by Gasteiger charge is -2.01. The number of hydrogen-bond acceptors (Lipinski definition) is 1. The van der Waals surface area contributed by atoms with Crippen LogP contribution in [-0.4, -0.2) is 17.8 Å². The number of alkyl halides is 1. The highest BCUT2D eigenvalue weighted by atomic mass is 79.9. The van der Waals surface area contributed by atoms with Crippen LogP contribution < -0.4 is 5.32 Å². The first-order valence-corrected chi connectivity index (χ1v) is 5.75. The fourth-order valence-electron chi connectivity index (χ4n) is 0.837. The molecule has 0 heterocycles. The van der Waals surface area contributed by atoms with Gasteiger partial charge in [0.1, 0.15) is 0 Å². The molecule has 0 aromatic rings. The molecule has 0 aromatic heterocycles.